The Balaban J connectivity index is 1.95. The van der Waals surface area contributed by atoms with Gasteiger partial charge in [-0.15, -0.1) is 0 Å². The third kappa shape index (κ3) is 2.76. The lowest BCUT2D eigenvalue weighted by molar-refractivity contribution is 0.0999. The molecule has 0 atom stereocenters. The minimum Gasteiger partial charge on any atom is -0.466 e. The van der Waals surface area contributed by atoms with Gasteiger partial charge in [0.15, 0.2) is 5.78 Å². The van der Waals surface area contributed by atoms with Crippen LogP contribution in [-0.2, 0) is 6.42 Å². The number of benzene rings is 1. The molecule has 0 saturated carbocycles. The first-order chi connectivity index (χ1) is 10.4. The predicted molar refractivity (Wildman–Crippen MR) is 87.9 cm³/mol. The molecule has 0 radical (unpaired) electrons. The Morgan fingerprint density at radius 1 is 1.27 bits per heavy atom. The summed E-state index contributed by atoms with van der Waals surface area (Å²) in [6.07, 6.45) is 1.23. The smallest absolute Gasteiger partial charge is 0.172 e. The van der Waals surface area contributed by atoms with Crippen LogP contribution in [0.2, 0.25) is 0 Å². The second kappa shape index (κ2) is 5.24. The standard InChI is InChI=1S/C19H21NO2/c1-12-9-16(13(2)22-12)18(21)10-17-15-8-6-5-7-14(15)11-19(3,4)20-17/h5-9H,10-11H2,1-4H3. The normalized spacial score (nSPS) is 16.1. The molecule has 1 aliphatic rings. The number of ketones is 1. The highest BCUT2D eigenvalue weighted by atomic mass is 16.3. The van der Waals surface area contributed by atoms with Gasteiger partial charge in [0.25, 0.3) is 0 Å². The molecular formula is C19H21NO2. The molecule has 1 aliphatic heterocycles. The lowest BCUT2D eigenvalue weighted by Gasteiger charge is -2.28. The summed E-state index contributed by atoms with van der Waals surface area (Å²) in [6.45, 7) is 7.92. The highest BCUT2D eigenvalue weighted by molar-refractivity contribution is 6.17. The Morgan fingerprint density at radius 2 is 2.00 bits per heavy atom. The van der Waals surface area contributed by atoms with Gasteiger partial charge in [-0.05, 0) is 51.3 Å². The molecule has 0 aliphatic carbocycles. The molecule has 3 rings (SSSR count). The van der Waals surface area contributed by atoms with Crippen LogP contribution in [0.3, 0.4) is 0 Å². The van der Waals surface area contributed by atoms with Gasteiger partial charge in [0.2, 0.25) is 0 Å². The summed E-state index contributed by atoms with van der Waals surface area (Å²) < 4.78 is 5.47. The average molecular weight is 295 g/mol. The number of fused-ring (bicyclic) bond motifs is 1. The van der Waals surface area contributed by atoms with Crippen molar-refractivity contribution in [1.82, 2.24) is 0 Å². The van der Waals surface area contributed by atoms with E-state index in [4.69, 9.17) is 9.41 Å². The van der Waals surface area contributed by atoms with Crippen LogP contribution in [0.15, 0.2) is 39.7 Å². The largest absolute Gasteiger partial charge is 0.466 e. The highest BCUT2D eigenvalue weighted by Gasteiger charge is 2.28. The van der Waals surface area contributed by atoms with Crippen molar-refractivity contribution < 1.29 is 9.21 Å². The number of carbonyl (C=O) groups is 1. The first-order valence-corrected chi connectivity index (χ1v) is 7.63. The fourth-order valence-corrected chi connectivity index (χ4v) is 3.18. The van der Waals surface area contributed by atoms with E-state index < -0.39 is 0 Å². The van der Waals surface area contributed by atoms with E-state index in [0.717, 1.165) is 23.5 Å². The Hall–Kier alpha value is -2.16. The molecule has 0 saturated heterocycles. The van der Waals surface area contributed by atoms with Crippen molar-refractivity contribution >= 4 is 11.5 Å². The summed E-state index contributed by atoms with van der Waals surface area (Å²) in [5.41, 5.74) is 3.76. The molecule has 0 bridgehead atoms. The number of aryl methyl sites for hydroxylation is 2. The summed E-state index contributed by atoms with van der Waals surface area (Å²) in [5, 5.41) is 0. The van der Waals surface area contributed by atoms with Gasteiger partial charge >= 0.3 is 0 Å². The van der Waals surface area contributed by atoms with Gasteiger partial charge < -0.3 is 4.42 Å². The third-order valence-corrected chi connectivity index (χ3v) is 4.06. The number of rotatable bonds is 3. The van der Waals surface area contributed by atoms with Crippen LogP contribution in [0.4, 0.5) is 0 Å². The fourth-order valence-electron chi connectivity index (χ4n) is 3.18. The van der Waals surface area contributed by atoms with Crippen molar-refractivity contribution in [2.75, 3.05) is 0 Å². The van der Waals surface area contributed by atoms with E-state index in [1.165, 1.54) is 5.56 Å². The van der Waals surface area contributed by atoms with E-state index >= 15 is 0 Å². The lowest BCUT2D eigenvalue weighted by atomic mass is 9.85. The van der Waals surface area contributed by atoms with Gasteiger partial charge in [-0.25, -0.2) is 0 Å². The van der Waals surface area contributed by atoms with Gasteiger partial charge in [0, 0.05) is 0 Å². The Morgan fingerprint density at radius 3 is 2.68 bits per heavy atom. The van der Waals surface area contributed by atoms with Gasteiger partial charge in [-0.1, -0.05) is 24.3 Å². The van der Waals surface area contributed by atoms with Crippen molar-refractivity contribution in [3.8, 4) is 0 Å². The van der Waals surface area contributed by atoms with Gasteiger partial charge in [-0.3, -0.25) is 9.79 Å². The van der Waals surface area contributed by atoms with E-state index in [9.17, 15) is 4.79 Å². The van der Waals surface area contributed by atoms with Crippen LogP contribution in [0, 0.1) is 13.8 Å². The molecule has 0 amide bonds. The van der Waals surface area contributed by atoms with Crippen LogP contribution in [0.1, 0.15) is 53.3 Å². The predicted octanol–water partition coefficient (Wildman–Crippen LogP) is 4.29. The molecule has 3 heteroatoms. The molecular weight excluding hydrogens is 274 g/mol. The molecule has 22 heavy (non-hydrogen) atoms. The number of furan rings is 1. The number of hydrogen-bond donors (Lipinski definition) is 0. The zero-order valence-electron chi connectivity index (χ0n) is 13.6. The van der Waals surface area contributed by atoms with Crippen LogP contribution >= 0.6 is 0 Å². The van der Waals surface area contributed by atoms with Crippen LogP contribution < -0.4 is 0 Å². The second-order valence-electron chi connectivity index (χ2n) is 6.63. The molecule has 0 N–H and O–H groups in total. The molecule has 1 aromatic carbocycles. The molecule has 2 aromatic rings. The fraction of sp³-hybridized carbons (Fsp3) is 0.368. The molecule has 2 heterocycles. The van der Waals surface area contributed by atoms with E-state index in [1.54, 1.807) is 0 Å². The molecule has 0 fully saturated rings. The van der Waals surface area contributed by atoms with Crippen molar-refractivity contribution in [2.45, 2.75) is 46.1 Å². The molecule has 1 aromatic heterocycles. The maximum atomic E-state index is 12.6. The van der Waals surface area contributed by atoms with Crippen LogP contribution in [-0.4, -0.2) is 17.0 Å². The van der Waals surface area contributed by atoms with Crippen molar-refractivity contribution in [3.63, 3.8) is 0 Å². The monoisotopic (exact) mass is 295 g/mol. The topological polar surface area (TPSA) is 42.6 Å². The first kappa shape index (κ1) is 14.8. The van der Waals surface area contributed by atoms with Gasteiger partial charge in [0.05, 0.1) is 23.2 Å². The minimum absolute atomic E-state index is 0.0700. The highest BCUT2D eigenvalue weighted by Crippen LogP contribution is 2.28. The maximum absolute atomic E-state index is 12.6. The molecule has 114 valence electrons. The zero-order chi connectivity index (χ0) is 15.9. The van der Waals surface area contributed by atoms with Crippen LogP contribution in [0.25, 0.3) is 0 Å². The number of carbonyl (C=O) groups excluding carboxylic acids is 1. The SMILES string of the molecule is Cc1cc(C(=O)CC2=NC(C)(C)Cc3ccccc32)c(C)o1. The van der Waals surface area contributed by atoms with E-state index in [1.807, 2.05) is 32.0 Å². The summed E-state index contributed by atoms with van der Waals surface area (Å²) in [4.78, 5) is 17.4. The van der Waals surface area contributed by atoms with Crippen molar-refractivity contribution in [2.24, 2.45) is 4.99 Å². The lowest BCUT2D eigenvalue weighted by Crippen LogP contribution is -2.30. The average Bonchev–Trinajstić information content (AvgIpc) is 2.76. The summed E-state index contributed by atoms with van der Waals surface area (Å²) >= 11 is 0. The van der Waals surface area contributed by atoms with E-state index in [2.05, 4.69) is 26.0 Å². The van der Waals surface area contributed by atoms with Crippen molar-refractivity contribution in [3.05, 3.63) is 58.5 Å². The van der Waals surface area contributed by atoms with E-state index in [0.29, 0.717) is 17.7 Å². The minimum atomic E-state index is -0.161. The molecule has 0 unspecified atom stereocenters. The molecule has 0 spiro atoms. The Labute approximate surface area is 131 Å². The quantitative estimate of drug-likeness (QED) is 0.793. The Bertz CT molecular complexity index is 765. The van der Waals surface area contributed by atoms with Gasteiger partial charge in [0.1, 0.15) is 11.5 Å². The number of nitrogens with zero attached hydrogens (tertiary/aromatic N) is 1. The number of Topliss-reactive ketones (excluding diaryl/α,β-unsaturated/α-hetero) is 1. The second-order valence-corrected chi connectivity index (χ2v) is 6.63. The maximum Gasteiger partial charge on any atom is 0.172 e. The van der Waals surface area contributed by atoms with Crippen LogP contribution in [0.5, 0.6) is 0 Å². The summed E-state index contributed by atoms with van der Waals surface area (Å²) in [6, 6.07) is 10.1. The first-order valence-electron chi connectivity index (χ1n) is 7.63. The van der Waals surface area contributed by atoms with E-state index in [-0.39, 0.29) is 11.3 Å². The number of hydrogen-bond acceptors (Lipinski definition) is 3. The molecule has 3 nitrogen and oxygen atoms in total. The third-order valence-electron chi connectivity index (χ3n) is 4.06. The number of aliphatic imine (C=N–C) groups is 1. The zero-order valence-corrected chi connectivity index (χ0v) is 13.6. The summed E-state index contributed by atoms with van der Waals surface area (Å²) in [5.74, 6) is 1.53. The summed E-state index contributed by atoms with van der Waals surface area (Å²) in [7, 11) is 0. The van der Waals surface area contributed by atoms with Gasteiger partial charge in [-0.2, -0.15) is 0 Å². The Kier molecular flexibility index (Phi) is 3.51. The van der Waals surface area contributed by atoms with Crippen molar-refractivity contribution in [1.29, 1.82) is 0 Å².